The number of benzene rings is 2. The number of nitrogens with one attached hydrogen (secondary N) is 1. The summed E-state index contributed by atoms with van der Waals surface area (Å²) in [4.78, 5) is 0. The fourth-order valence-corrected chi connectivity index (χ4v) is 3.16. The SMILES string of the molecule is OC1COC(c2cc(-c3ccccc3)ccc2F)[C@@H](NP)C1. The highest BCUT2D eigenvalue weighted by molar-refractivity contribution is 7.13. The Kier molecular flexibility index (Phi) is 4.84. The molecule has 2 aromatic carbocycles. The highest BCUT2D eigenvalue weighted by Gasteiger charge is 2.32. The number of aliphatic hydroxyl groups is 1. The fraction of sp³-hybridized carbons (Fsp3) is 0.294. The molecule has 1 heterocycles. The van der Waals surface area contributed by atoms with Gasteiger partial charge in [0, 0.05) is 11.6 Å². The molecular weight excluding hydrogens is 300 g/mol. The molecule has 0 aliphatic carbocycles. The average molecular weight is 319 g/mol. The molecule has 0 saturated carbocycles. The summed E-state index contributed by atoms with van der Waals surface area (Å²) in [6.45, 7) is 0.225. The fourth-order valence-electron chi connectivity index (χ4n) is 2.85. The first kappa shape index (κ1) is 15.6. The van der Waals surface area contributed by atoms with Crippen molar-refractivity contribution in [3.05, 3.63) is 59.9 Å². The molecule has 1 aliphatic heterocycles. The van der Waals surface area contributed by atoms with Gasteiger partial charge in [-0.3, -0.25) is 5.09 Å². The van der Waals surface area contributed by atoms with Gasteiger partial charge in [-0.1, -0.05) is 45.8 Å². The molecule has 2 aromatic rings. The number of ether oxygens (including phenoxy) is 1. The van der Waals surface area contributed by atoms with Crippen LogP contribution in [-0.2, 0) is 4.74 Å². The van der Waals surface area contributed by atoms with Gasteiger partial charge in [-0.15, -0.1) is 0 Å². The molecule has 3 nitrogen and oxygen atoms in total. The molecule has 4 atom stereocenters. The molecule has 116 valence electrons. The summed E-state index contributed by atoms with van der Waals surface area (Å²) >= 11 is 0. The van der Waals surface area contributed by atoms with Crippen molar-refractivity contribution >= 4 is 9.39 Å². The van der Waals surface area contributed by atoms with Crippen molar-refractivity contribution in [2.45, 2.75) is 24.7 Å². The summed E-state index contributed by atoms with van der Waals surface area (Å²) in [6.07, 6.45) is -0.400. The lowest BCUT2D eigenvalue weighted by atomic mass is 9.92. The van der Waals surface area contributed by atoms with E-state index in [1.165, 1.54) is 6.07 Å². The molecule has 0 bridgehead atoms. The molecule has 1 aliphatic rings. The quantitative estimate of drug-likeness (QED) is 0.855. The van der Waals surface area contributed by atoms with Crippen LogP contribution in [0.1, 0.15) is 18.1 Å². The van der Waals surface area contributed by atoms with Crippen LogP contribution in [0, 0.1) is 5.82 Å². The van der Waals surface area contributed by atoms with E-state index in [-0.39, 0.29) is 18.5 Å². The van der Waals surface area contributed by atoms with Gasteiger partial charge in [0.2, 0.25) is 0 Å². The van der Waals surface area contributed by atoms with E-state index in [0.29, 0.717) is 12.0 Å². The normalized spacial score (nSPS) is 25.1. The van der Waals surface area contributed by atoms with Crippen molar-refractivity contribution in [3.63, 3.8) is 0 Å². The Bertz CT molecular complexity index is 638. The highest BCUT2D eigenvalue weighted by atomic mass is 31.0. The first-order valence-corrected chi connectivity index (χ1v) is 7.87. The van der Waals surface area contributed by atoms with E-state index < -0.39 is 12.2 Å². The zero-order valence-electron chi connectivity index (χ0n) is 12.1. The van der Waals surface area contributed by atoms with Crippen LogP contribution in [0.4, 0.5) is 4.39 Å². The molecule has 1 saturated heterocycles. The summed E-state index contributed by atoms with van der Waals surface area (Å²) < 4.78 is 20.0. The maximum Gasteiger partial charge on any atom is 0.129 e. The van der Waals surface area contributed by atoms with E-state index in [9.17, 15) is 9.50 Å². The van der Waals surface area contributed by atoms with Crippen molar-refractivity contribution in [2.24, 2.45) is 0 Å². The third-order valence-electron chi connectivity index (χ3n) is 3.98. The Balaban J connectivity index is 1.96. The second kappa shape index (κ2) is 6.84. The minimum absolute atomic E-state index is 0.144. The van der Waals surface area contributed by atoms with Crippen molar-refractivity contribution in [2.75, 3.05) is 6.61 Å². The van der Waals surface area contributed by atoms with Gasteiger partial charge in [-0.25, -0.2) is 4.39 Å². The molecule has 22 heavy (non-hydrogen) atoms. The van der Waals surface area contributed by atoms with Crippen LogP contribution in [0.3, 0.4) is 0 Å². The van der Waals surface area contributed by atoms with Crippen molar-refractivity contribution in [1.82, 2.24) is 5.09 Å². The number of hydrogen-bond acceptors (Lipinski definition) is 3. The predicted octanol–water partition coefficient (Wildman–Crippen LogP) is 3.06. The lowest BCUT2D eigenvalue weighted by molar-refractivity contribution is -0.0724. The molecule has 3 rings (SSSR count). The standard InChI is InChI=1S/C17H19FNO2P/c18-15-7-6-12(11-4-2-1-3-5-11)8-14(15)17-16(19-22)9-13(20)10-21-17/h1-8,13,16-17,19-20H,9-10,22H2/t13?,16-,17?/m0/s1. The van der Waals surface area contributed by atoms with Crippen LogP contribution in [0.5, 0.6) is 0 Å². The Hall–Kier alpha value is -1.32. The molecule has 0 aromatic heterocycles. The van der Waals surface area contributed by atoms with Gasteiger partial charge in [0.25, 0.3) is 0 Å². The van der Waals surface area contributed by atoms with Gasteiger partial charge >= 0.3 is 0 Å². The summed E-state index contributed by atoms with van der Waals surface area (Å²) in [6, 6.07) is 14.8. The van der Waals surface area contributed by atoms with Gasteiger partial charge in [-0.05, 0) is 29.7 Å². The van der Waals surface area contributed by atoms with E-state index >= 15 is 0 Å². The highest BCUT2D eigenvalue weighted by Crippen LogP contribution is 2.33. The van der Waals surface area contributed by atoms with Crippen molar-refractivity contribution in [1.29, 1.82) is 0 Å². The van der Waals surface area contributed by atoms with E-state index in [4.69, 9.17) is 4.74 Å². The molecule has 1 fully saturated rings. The molecule has 2 N–H and O–H groups in total. The Morgan fingerprint density at radius 3 is 2.64 bits per heavy atom. The largest absolute Gasteiger partial charge is 0.391 e. The lowest BCUT2D eigenvalue weighted by Gasteiger charge is -2.34. The second-order valence-corrected chi connectivity index (χ2v) is 5.85. The molecule has 0 spiro atoms. The molecule has 0 radical (unpaired) electrons. The first-order valence-electron chi connectivity index (χ1n) is 7.29. The predicted molar refractivity (Wildman–Crippen MR) is 87.8 cm³/mol. The smallest absolute Gasteiger partial charge is 0.129 e. The van der Waals surface area contributed by atoms with Gasteiger partial charge in [0.1, 0.15) is 11.9 Å². The molecule has 0 amide bonds. The maximum atomic E-state index is 14.3. The van der Waals surface area contributed by atoms with Crippen molar-refractivity contribution < 1.29 is 14.2 Å². The molecule has 3 unspecified atom stereocenters. The van der Waals surface area contributed by atoms with Crippen LogP contribution in [0.2, 0.25) is 0 Å². The van der Waals surface area contributed by atoms with Crippen LogP contribution >= 0.6 is 9.39 Å². The first-order chi connectivity index (χ1) is 10.7. The number of halogens is 1. The zero-order chi connectivity index (χ0) is 15.5. The maximum absolute atomic E-state index is 14.3. The van der Waals surface area contributed by atoms with Gasteiger partial charge in [-0.2, -0.15) is 0 Å². The van der Waals surface area contributed by atoms with E-state index in [0.717, 1.165) is 11.1 Å². The third kappa shape index (κ3) is 3.21. The van der Waals surface area contributed by atoms with Crippen LogP contribution in [0.25, 0.3) is 11.1 Å². The number of rotatable bonds is 3. The summed E-state index contributed by atoms with van der Waals surface area (Å²) in [5.74, 6) is -0.286. The Labute approximate surface area is 131 Å². The van der Waals surface area contributed by atoms with E-state index in [2.05, 4.69) is 14.5 Å². The number of hydrogen-bond donors (Lipinski definition) is 2. The van der Waals surface area contributed by atoms with Crippen LogP contribution < -0.4 is 5.09 Å². The minimum Gasteiger partial charge on any atom is -0.391 e. The van der Waals surface area contributed by atoms with E-state index in [1.54, 1.807) is 6.07 Å². The lowest BCUT2D eigenvalue weighted by Crippen LogP contribution is -2.41. The Morgan fingerprint density at radius 2 is 1.91 bits per heavy atom. The van der Waals surface area contributed by atoms with E-state index in [1.807, 2.05) is 36.4 Å². The summed E-state index contributed by atoms with van der Waals surface area (Å²) in [7, 11) is 2.42. The zero-order valence-corrected chi connectivity index (χ0v) is 13.2. The summed E-state index contributed by atoms with van der Waals surface area (Å²) in [5, 5.41) is 12.7. The van der Waals surface area contributed by atoms with Gasteiger partial charge in [0.15, 0.2) is 0 Å². The van der Waals surface area contributed by atoms with Crippen LogP contribution in [-0.4, -0.2) is 23.9 Å². The number of aliphatic hydroxyl groups excluding tert-OH is 1. The van der Waals surface area contributed by atoms with Gasteiger partial charge in [0.05, 0.1) is 12.7 Å². The minimum atomic E-state index is -0.519. The Morgan fingerprint density at radius 1 is 1.14 bits per heavy atom. The third-order valence-corrected chi connectivity index (χ3v) is 4.41. The molecule has 5 heteroatoms. The summed E-state index contributed by atoms with van der Waals surface area (Å²) in [5.41, 5.74) is 2.51. The van der Waals surface area contributed by atoms with Crippen molar-refractivity contribution in [3.8, 4) is 11.1 Å². The van der Waals surface area contributed by atoms with Gasteiger partial charge < -0.3 is 9.84 Å². The second-order valence-electron chi connectivity index (χ2n) is 5.52. The molecular formula is C17H19FNO2P. The topological polar surface area (TPSA) is 41.5 Å². The van der Waals surface area contributed by atoms with Crippen LogP contribution in [0.15, 0.2) is 48.5 Å². The monoisotopic (exact) mass is 319 g/mol. The average Bonchev–Trinajstić information content (AvgIpc) is 2.56.